The van der Waals surface area contributed by atoms with E-state index in [0.717, 1.165) is 23.1 Å². The molecule has 0 unspecified atom stereocenters. The van der Waals surface area contributed by atoms with Crippen molar-refractivity contribution in [2.45, 2.75) is 45.1 Å². The molecule has 1 aliphatic heterocycles. The van der Waals surface area contributed by atoms with Gasteiger partial charge >= 0.3 is 0 Å². The number of fused-ring (bicyclic) bond motifs is 1. The van der Waals surface area contributed by atoms with Crippen molar-refractivity contribution in [3.63, 3.8) is 0 Å². The van der Waals surface area contributed by atoms with Crippen molar-refractivity contribution >= 4 is 25.7 Å². The standard InChI is InChI=1S/C21H28N2O5S2/c1-4-12-28-21-9-8-20(13-16(21)3)30(26,27)22-19-7-6-17-10-11-23(15-18(17)14-19)29(24,25)5-2/h6-9,13-14,22H,4-5,10-12,15H2,1-3H3. The van der Waals surface area contributed by atoms with Gasteiger partial charge in [-0.3, -0.25) is 4.72 Å². The zero-order chi connectivity index (χ0) is 21.9. The number of rotatable bonds is 8. The Balaban J connectivity index is 1.81. The number of nitrogens with zero attached hydrogens (tertiary/aromatic N) is 1. The molecule has 2 aromatic rings. The quantitative estimate of drug-likeness (QED) is 0.663. The first-order chi connectivity index (χ1) is 14.2. The molecule has 0 fully saturated rings. The fraction of sp³-hybridized carbons (Fsp3) is 0.429. The molecule has 0 aromatic heterocycles. The Morgan fingerprint density at radius 2 is 1.80 bits per heavy atom. The first-order valence-electron chi connectivity index (χ1n) is 10.0. The van der Waals surface area contributed by atoms with E-state index < -0.39 is 20.0 Å². The molecule has 3 rings (SSSR count). The van der Waals surface area contributed by atoms with E-state index in [2.05, 4.69) is 4.72 Å². The van der Waals surface area contributed by atoms with E-state index in [4.69, 9.17) is 4.74 Å². The maximum atomic E-state index is 12.9. The smallest absolute Gasteiger partial charge is 0.261 e. The average molecular weight is 453 g/mol. The number of anilines is 1. The van der Waals surface area contributed by atoms with Crippen LogP contribution < -0.4 is 9.46 Å². The largest absolute Gasteiger partial charge is 0.493 e. The van der Waals surface area contributed by atoms with Crippen molar-refractivity contribution in [2.75, 3.05) is 23.6 Å². The molecular formula is C21H28N2O5S2. The monoisotopic (exact) mass is 452 g/mol. The van der Waals surface area contributed by atoms with Gasteiger partial charge in [0.2, 0.25) is 10.0 Å². The topological polar surface area (TPSA) is 92.8 Å². The van der Waals surface area contributed by atoms with Crippen LogP contribution in [-0.2, 0) is 33.0 Å². The molecule has 7 nitrogen and oxygen atoms in total. The molecule has 0 atom stereocenters. The normalized spacial score (nSPS) is 14.9. The SMILES string of the molecule is CCCOc1ccc(S(=O)(=O)Nc2ccc3c(c2)CN(S(=O)(=O)CC)CC3)cc1C. The Morgan fingerprint density at radius 3 is 2.47 bits per heavy atom. The molecule has 0 bridgehead atoms. The summed E-state index contributed by atoms with van der Waals surface area (Å²) in [5, 5.41) is 0. The molecule has 2 aromatic carbocycles. The van der Waals surface area contributed by atoms with Gasteiger partial charge in [-0.25, -0.2) is 16.8 Å². The van der Waals surface area contributed by atoms with Gasteiger partial charge in [-0.1, -0.05) is 13.0 Å². The molecule has 164 valence electrons. The maximum Gasteiger partial charge on any atom is 0.261 e. The van der Waals surface area contributed by atoms with E-state index in [-0.39, 0.29) is 17.2 Å². The third-order valence-corrected chi connectivity index (χ3v) is 8.32. The van der Waals surface area contributed by atoms with Gasteiger partial charge in [0.05, 0.1) is 17.3 Å². The number of aryl methyl sites for hydroxylation is 1. The third kappa shape index (κ3) is 4.96. The Kier molecular flexibility index (Phi) is 6.74. The highest BCUT2D eigenvalue weighted by molar-refractivity contribution is 7.92. The van der Waals surface area contributed by atoms with Crippen molar-refractivity contribution in [2.24, 2.45) is 0 Å². The lowest BCUT2D eigenvalue weighted by molar-refractivity contribution is 0.315. The zero-order valence-electron chi connectivity index (χ0n) is 17.5. The molecule has 0 saturated carbocycles. The van der Waals surface area contributed by atoms with Crippen molar-refractivity contribution in [3.05, 3.63) is 53.1 Å². The van der Waals surface area contributed by atoms with Crippen LogP contribution in [0.5, 0.6) is 5.75 Å². The summed E-state index contributed by atoms with van der Waals surface area (Å²) >= 11 is 0. The molecule has 0 radical (unpaired) electrons. The second kappa shape index (κ2) is 8.95. The predicted octanol–water partition coefficient (Wildman–Crippen LogP) is 3.29. The summed E-state index contributed by atoms with van der Waals surface area (Å²) in [5.41, 5.74) is 3.01. The fourth-order valence-electron chi connectivity index (χ4n) is 3.39. The Hall–Kier alpha value is -2.10. The number of ether oxygens (including phenoxy) is 1. The lowest BCUT2D eigenvalue weighted by Crippen LogP contribution is -2.36. The summed E-state index contributed by atoms with van der Waals surface area (Å²) in [4.78, 5) is 0.150. The van der Waals surface area contributed by atoms with Gasteiger partial charge < -0.3 is 4.74 Å². The van der Waals surface area contributed by atoms with Gasteiger partial charge in [-0.05, 0) is 73.7 Å². The number of sulfonamides is 2. The number of hydrogen-bond acceptors (Lipinski definition) is 5. The molecule has 0 aliphatic carbocycles. The van der Waals surface area contributed by atoms with Gasteiger partial charge in [-0.2, -0.15) is 4.31 Å². The van der Waals surface area contributed by atoms with Gasteiger partial charge in [0.1, 0.15) is 5.75 Å². The summed E-state index contributed by atoms with van der Waals surface area (Å²) in [7, 11) is -7.07. The van der Waals surface area contributed by atoms with Crippen LogP contribution >= 0.6 is 0 Å². The number of hydrogen-bond donors (Lipinski definition) is 1. The van der Waals surface area contributed by atoms with Crippen molar-refractivity contribution in [3.8, 4) is 5.75 Å². The first-order valence-corrected chi connectivity index (χ1v) is 13.1. The molecule has 0 saturated heterocycles. The van der Waals surface area contributed by atoms with Crippen LogP contribution in [0.15, 0.2) is 41.3 Å². The van der Waals surface area contributed by atoms with Crippen LogP contribution in [0.4, 0.5) is 5.69 Å². The van der Waals surface area contributed by atoms with E-state index in [0.29, 0.717) is 31.0 Å². The van der Waals surface area contributed by atoms with Crippen LogP contribution in [0.1, 0.15) is 37.0 Å². The molecule has 0 amide bonds. The minimum atomic E-state index is -3.78. The maximum absolute atomic E-state index is 12.9. The van der Waals surface area contributed by atoms with Crippen LogP contribution in [0.25, 0.3) is 0 Å². The minimum absolute atomic E-state index is 0.0476. The third-order valence-electron chi connectivity index (χ3n) is 5.11. The second-order valence-corrected chi connectivity index (χ2v) is 11.3. The highest BCUT2D eigenvalue weighted by Crippen LogP contribution is 2.27. The summed E-state index contributed by atoms with van der Waals surface area (Å²) in [6.45, 7) is 6.71. The van der Waals surface area contributed by atoms with Crippen molar-refractivity contribution in [1.29, 1.82) is 0 Å². The van der Waals surface area contributed by atoms with Gasteiger partial charge in [0.15, 0.2) is 0 Å². The van der Waals surface area contributed by atoms with Gasteiger partial charge in [-0.15, -0.1) is 0 Å². The second-order valence-electron chi connectivity index (χ2n) is 7.35. The summed E-state index contributed by atoms with van der Waals surface area (Å²) in [6.07, 6.45) is 1.48. The van der Waals surface area contributed by atoms with Crippen molar-refractivity contribution < 1.29 is 21.6 Å². The van der Waals surface area contributed by atoms with Gasteiger partial charge in [0.25, 0.3) is 10.0 Å². The first kappa shape index (κ1) is 22.6. The molecule has 9 heteroatoms. The number of nitrogens with one attached hydrogen (secondary N) is 1. The van der Waals surface area contributed by atoms with Crippen LogP contribution in [0.3, 0.4) is 0 Å². The van der Waals surface area contributed by atoms with Crippen LogP contribution in [0, 0.1) is 6.92 Å². The number of benzene rings is 2. The molecule has 1 aliphatic rings. The average Bonchev–Trinajstić information content (AvgIpc) is 2.72. The minimum Gasteiger partial charge on any atom is -0.493 e. The van der Waals surface area contributed by atoms with Crippen molar-refractivity contribution in [1.82, 2.24) is 4.31 Å². The van der Waals surface area contributed by atoms with Gasteiger partial charge in [0, 0.05) is 18.8 Å². The summed E-state index contributed by atoms with van der Waals surface area (Å²) < 4.78 is 59.8. The molecule has 1 heterocycles. The summed E-state index contributed by atoms with van der Waals surface area (Å²) in [6, 6.07) is 10.1. The summed E-state index contributed by atoms with van der Waals surface area (Å²) in [5.74, 6) is 0.716. The highest BCUT2D eigenvalue weighted by atomic mass is 32.2. The van der Waals surface area contributed by atoms with E-state index in [1.165, 1.54) is 10.4 Å². The fourth-order valence-corrected chi connectivity index (χ4v) is 5.60. The van der Waals surface area contributed by atoms with E-state index in [9.17, 15) is 16.8 Å². The molecule has 0 spiro atoms. The predicted molar refractivity (Wildman–Crippen MR) is 118 cm³/mol. The lowest BCUT2D eigenvalue weighted by atomic mass is 10.0. The van der Waals surface area contributed by atoms with Crippen LogP contribution in [-0.4, -0.2) is 40.0 Å². The van der Waals surface area contributed by atoms with E-state index in [1.807, 2.05) is 19.9 Å². The van der Waals surface area contributed by atoms with E-state index in [1.54, 1.807) is 31.2 Å². The molecule has 30 heavy (non-hydrogen) atoms. The Bertz CT molecular complexity index is 1130. The Morgan fingerprint density at radius 1 is 1.03 bits per heavy atom. The molecule has 1 N–H and O–H groups in total. The highest BCUT2D eigenvalue weighted by Gasteiger charge is 2.26. The molecular weight excluding hydrogens is 424 g/mol. The zero-order valence-corrected chi connectivity index (χ0v) is 19.1. The Labute approximate surface area is 179 Å². The lowest BCUT2D eigenvalue weighted by Gasteiger charge is -2.28. The van der Waals surface area contributed by atoms with Crippen LogP contribution in [0.2, 0.25) is 0 Å². The van der Waals surface area contributed by atoms with E-state index >= 15 is 0 Å².